The van der Waals surface area contributed by atoms with Crippen LogP contribution in [-0.4, -0.2) is 42.1 Å². The average molecular weight is 282 g/mol. The molecule has 0 radical (unpaired) electrons. The Labute approximate surface area is 123 Å². The Bertz CT molecular complexity index is 348. The predicted octanol–water partition coefficient (Wildman–Crippen LogP) is 2.31. The third kappa shape index (κ3) is 2.60. The zero-order chi connectivity index (χ0) is 14.8. The van der Waals surface area contributed by atoms with Gasteiger partial charge in [-0.05, 0) is 19.8 Å². The standard InChI is InChI=1S/C16H30N2O2/c1-4-20-13-12-16(17,15(13,2)3)14(19)18-10-8-6-5-7-9-11-18/h13H,4-12,17H2,1-3H3. The van der Waals surface area contributed by atoms with E-state index < -0.39 is 5.54 Å². The highest BCUT2D eigenvalue weighted by Gasteiger charge is 2.63. The second-order valence-corrected chi connectivity index (χ2v) is 6.90. The summed E-state index contributed by atoms with van der Waals surface area (Å²) in [6, 6.07) is 0. The molecule has 4 heteroatoms. The van der Waals surface area contributed by atoms with Crippen molar-refractivity contribution in [2.45, 2.75) is 70.9 Å². The van der Waals surface area contributed by atoms with Crippen LogP contribution in [0.1, 0.15) is 59.3 Å². The molecular formula is C16H30N2O2. The Balaban J connectivity index is 2.04. The topological polar surface area (TPSA) is 55.6 Å². The second-order valence-electron chi connectivity index (χ2n) is 6.90. The number of likely N-dealkylation sites (tertiary alicyclic amines) is 1. The first kappa shape index (κ1) is 15.8. The molecule has 2 unspecified atom stereocenters. The molecule has 2 fully saturated rings. The zero-order valence-electron chi connectivity index (χ0n) is 13.3. The van der Waals surface area contributed by atoms with Gasteiger partial charge in [0.15, 0.2) is 0 Å². The fourth-order valence-electron chi connectivity index (χ4n) is 3.53. The van der Waals surface area contributed by atoms with Crippen molar-refractivity contribution in [2.75, 3.05) is 19.7 Å². The Hall–Kier alpha value is -0.610. The SMILES string of the molecule is CCOC1CC(N)(C(=O)N2CCCCCCC2)C1(C)C. The molecule has 0 aromatic rings. The summed E-state index contributed by atoms with van der Waals surface area (Å²) in [5, 5.41) is 0. The van der Waals surface area contributed by atoms with Gasteiger partial charge in [0.1, 0.15) is 5.54 Å². The van der Waals surface area contributed by atoms with Gasteiger partial charge in [-0.1, -0.05) is 33.1 Å². The summed E-state index contributed by atoms with van der Waals surface area (Å²) in [6.45, 7) is 8.55. The van der Waals surface area contributed by atoms with Gasteiger partial charge in [-0.15, -0.1) is 0 Å². The largest absolute Gasteiger partial charge is 0.378 e. The first-order valence-corrected chi connectivity index (χ1v) is 8.13. The van der Waals surface area contributed by atoms with Crippen LogP contribution >= 0.6 is 0 Å². The number of amides is 1. The summed E-state index contributed by atoms with van der Waals surface area (Å²) < 4.78 is 5.72. The predicted molar refractivity (Wildman–Crippen MR) is 80.4 cm³/mol. The van der Waals surface area contributed by atoms with Gasteiger partial charge in [0.05, 0.1) is 6.10 Å². The molecule has 0 aromatic heterocycles. The van der Waals surface area contributed by atoms with Crippen LogP contribution in [0, 0.1) is 5.41 Å². The van der Waals surface area contributed by atoms with Crippen molar-refractivity contribution in [3.05, 3.63) is 0 Å². The van der Waals surface area contributed by atoms with Crippen LogP contribution in [-0.2, 0) is 9.53 Å². The van der Waals surface area contributed by atoms with E-state index in [2.05, 4.69) is 13.8 Å². The molecule has 1 aliphatic carbocycles. The number of carbonyl (C=O) groups excluding carboxylic acids is 1. The van der Waals surface area contributed by atoms with E-state index in [1.54, 1.807) is 0 Å². The maximum atomic E-state index is 12.9. The number of ether oxygens (including phenoxy) is 1. The third-order valence-electron chi connectivity index (χ3n) is 5.35. The Morgan fingerprint density at radius 3 is 2.25 bits per heavy atom. The lowest BCUT2D eigenvalue weighted by Crippen LogP contribution is -2.76. The lowest BCUT2D eigenvalue weighted by Gasteiger charge is -2.58. The Morgan fingerprint density at radius 2 is 1.75 bits per heavy atom. The minimum Gasteiger partial charge on any atom is -0.378 e. The summed E-state index contributed by atoms with van der Waals surface area (Å²) >= 11 is 0. The van der Waals surface area contributed by atoms with Gasteiger partial charge >= 0.3 is 0 Å². The van der Waals surface area contributed by atoms with Crippen molar-refractivity contribution in [1.82, 2.24) is 4.90 Å². The van der Waals surface area contributed by atoms with Crippen molar-refractivity contribution in [1.29, 1.82) is 0 Å². The molecule has 2 N–H and O–H groups in total. The maximum absolute atomic E-state index is 12.9. The molecule has 0 spiro atoms. The quantitative estimate of drug-likeness (QED) is 0.864. The van der Waals surface area contributed by atoms with E-state index >= 15 is 0 Å². The molecule has 2 aliphatic rings. The van der Waals surface area contributed by atoms with Crippen LogP contribution in [0.2, 0.25) is 0 Å². The van der Waals surface area contributed by atoms with Crippen LogP contribution in [0.3, 0.4) is 0 Å². The van der Waals surface area contributed by atoms with Crippen LogP contribution in [0.4, 0.5) is 0 Å². The maximum Gasteiger partial charge on any atom is 0.243 e. The van der Waals surface area contributed by atoms with Crippen molar-refractivity contribution < 1.29 is 9.53 Å². The molecular weight excluding hydrogens is 252 g/mol. The van der Waals surface area contributed by atoms with Crippen LogP contribution < -0.4 is 5.73 Å². The van der Waals surface area contributed by atoms with Gasteiger partial charge in [-0.2, -0.15) is 0 Å². The highest BCUT2D eigenvalue weighted by molar-refractivity contribution is 5.89. The smallest absolute Gasteiger partial charge is 0.243 e. The molecule has 0 bridgehead atoms. The number of carbonyl (C=O) groups is 1. The summed E-state index contributed by atoms with van der Waals surface area (Å²) in [5.41, 5.74) is 5.48. The molecule has 4 nitrogen and oxygen atoms in total. The summed E-state index contributed by atoms with van der Waals surface area (Å²) in [7, 11) is 0. The van der Waals surface area contributed by atoms with E-state index in [0.29, 0.717) is 13.0 Å². The summed E-state index contributed by atoms with van der Waals surface area (Å²) in [6.07, 6.45) is 6.74. The van der Waals surface area contributed by atoms with Gasteiger partial charge in [0.25, 0.3) is 0 Å². The Kier molecular flexibility index (Phi) is 4.75. The minimum absolute atomic E-state index is 0.108. The number of nitrogens with two attached hydrogens (primary N) is 1. The molecule has 116 valence electrons. The summed E-state index contributed by atoms with van der Waals surface area (Å²) in [5.74, 6) is 0.139. The van der Waals surface area contributed by atoms with E-state index in [1.165, 1.54) is 19.3 Å². The average Bonchev–Trinajstić information content (AvgIpc) is 2.37. The van der Waals surface area contributed by atoms with Gasteiger partial charge in [-0.25, -0.2) is 0 Å². The summed E-state index contributed by atoms with van der Waals surface area (Å²) in [4.78, 5) is 14.9. The minimum atomic E-state index is -0.744. The van der Waals surface area contributed by atoms with Crippen molar-refractivity contribution in [3.63, 3.8) is 0 Å². The van der Waals surface area contributed by atoms with Gasteiger partial charge in [-0.3, -0.25) is 4.79 Å². The van der Waals surface area contributed by atoms with Crippen molar-refractivity contribution in [2.24, 2.45) is 11.1 Å². The Morgan fingerprint density at radius 1 is 1.20 bits per heavy atom. The second kappa shape index (κ2) is 6.02. The first-order valence-electron chi connectivity index (χ1n) is 8.13. The number of nitrogens with zero attached hydrogens (tertiary/aromatic N) is 1. The van der Waals surface area contributed by atoms with Gasteiger partial charge in [0.2, 0.25) is 5.91 Å². The molecule has 2 rings (SSSR count). The first-order chi connectivity index (χ1) is 9.43. The molecule has 20 heavy (non-hydrogen) atoms. The zero-order valence-corrected chi connectivity index (χ0v) is 13.3. The van der Waals surface area contributed by atoms with Crippen LogP contribution in [0.15, 0.2) is 0 Å². The van der Waals surface area contributed by atoms with Crippen LogP contribution in [0.5, 0.6) is 0 Å². The van der Waals surface area contributed by atoms with Gasteiger partial charge in [0, 0.05) is 31.5 Å². The van der Waals surface area contributed by atoms with E-state index in [4.69, 9.17) is 10.5 Å². The monoisotopic (exact) mass is 282 g/mol. The number of hydrogen-bond acceptors (Lipinski definition) is 3. The third-order valence-corrected chi connectivity index (χ3v) is 5.35. The molecule has 1 saturated carbocycles. The van der Waals surface area contributed by atoms with Crippen molar-refractivity contribution >= 4 is 5.91 Å². The molecule has 1 amide bonds. The number of rotatable bonds is 3. The van der Waals surface area contributed by atoms with Crippen molar-refractivity contribution in [3.8, 4) is 0 Å². The fourth-order valence-corrected chi connectivity index (χ4v) is 3.53. The highest BCUT2D eigenvalue weighted by atomic mass is 16.5. The normalized spacial score (nSPS) is 34.0. The molecule has 2 atom stereocenters. The van der Waals surface area contributed by atoms with Crippen LogP contribution in [0.25, 0.3) is 0 Å². The fraction of sp³-hybridized carbons (Fsp3) is 0.938. The van der Waals surface area contributed by atoms with E-state index in [1.807, 2.05) is 11.8 Å². The molecule has 1 heterocycles. The van der Waals surface area contributed by atoms with E-state index in [-0.39, 0.29) is 17.4 Å². The molecule has 0 aromatic carbocycles. The van der Waals surface area contributed by atoms with Gasteiger partial charge < -0.3 is 15.4 Å². The lowest BCUT2D eigenvalue weighted by atomic mass is 9.54. The molecule has 1 aliphatic heterocycles. The van der Waals surface area contributed by atoms with E-state index in [9.17, 15) is 4.79 Å². The molecule has 1 saturated heterocycles. The highest BCUT2D eigenvalue weighted by Crippen LogP contribution is 2.50. The van der Waals surface area contributed by atoms with E-state index in [0.717, 1.165) is 25.9 Å². The number of hydrogen-bond donors (Lipinski definition) is 1. The lowest BCUT2D eigenvalue weighted by molar-refractivity contribution is -0.179.